The Morgan fingerprint density at radius 3 is 3.18 bits per heavy atom. The van der Waals surface area contributed by atoms with Gasteiger partial charge in [-0.15, -0.1) is 12.4 Å². The standard InChI is InChI=1S/C7H11N3.ClH/c8-4-6-5-9-7-2-1-3-10(6)7;/h5H,1-4,8H2;1H. The largest absolute Gasteiger partial charge is 0.331 e. The van der Waals surface area contributed by atoms with Crippen molar-refractivity contribution in [3.05, 3.63) is 17.7 Å². The molecule has 2 N–H and O–H groups in total. The van der Waals surface area contributed by atoms with Gasteiger partial charge in [0.05, 0.1) is 5.69 Å². The Morgan fingerprint density at radius 2 is 2.45 bits per heavy atom. The first-order valence-corrected chi connectivity index (χ1v) is 3.65. The summed E-state index contributed by atoms with van der Waals surface area (Å²) in [6.07, 6.45) is 4.24. The van der Waals surface area contributed by atoms with Gasteiger partial charge in [-0.1, -0.05) is 0 Å². The molecular formula is C7H12ClN3. The van der Waals surface area contributed by atoms with Crippen molar-refractivity contribution >= 4 is 12.4 Å². The molecule has 62 valence electrons. The minimum absolute atomic E-state index is 0. The minimum atomic E-state index is 0. The minimum Gasteiger partial charge on any atom is -0.331 e. The molecule has 0 atom stereocenters. The Balaban J connectivity index is 0.000000605. The van der Waals surface area contributed by atoms with Gasteiger partial charge in [-0.05, 0) is 6.42 Å². The van der Waals surface area contributed by atoms with Gasteiger partial charge in [-0.2, -0.15) is 0 Å². The zero-order valence-corrected chi connectivity index (χ0v) is 7.10. The smallest absolute Gasteiger partial charge is 0.108 e. The van der Waals surface area contributed by atoms with Crippen LogP contribution in [0.1, 0.15) is 17.9 Å². The number of rotatable bonds is 1. The molecule has 1 aromatic heterocycles. The van der Waals surface area contributed by atoms with Gasteiger partial charge in [0.2, 0.25) is 0 Å². The van der Waals surface area contributed by atoms with Gasteiger partial charge in [-0.25, -0.2) is 4.98 Å². The van der Waals surface area contributed by atoms with E-state index in [1.807, 2.05) is 6.20 Å². The molecule has 3 nitrogen and oxygen atoms in total. The van der Waals surface area contributed by atoms with E-state index in [9.17, 15) is 0 Å². The van der Waals surface area contributed by atoms with Gasteiger partial charge >= 0.3 is 0 Å². The van der Waals surface area contributed by atoms with Gasteiger partial charge in [0, 0.05) is 25.7 Å². The van der Waals surface area contributed by atoms with Crippen LogP contribution in [0, 0.1) is 0 Å². The lowest BCUT2D eigenvalue weighted by Gasteiger charge is -1.99. The van der Waals surface area contributed by atoms with Crippen LogP contribution in [-0.4, -0.2) is 9.55 Å². The van der Waals surface area contributed by atoms with Gasteiger partial charge < -0.3 is 10.3 Å². The van der Waals surface area contributed by atoms with E-state index in [1.54, 1.807) is 0 Å². The van der Waals surface area contributed by atoms with Crippen LogP contribution in [0.2, 0.25) is 0 Å². The van der Waals surface area contributed by atoms with Crippen LogP contribution >= 0.6 is 12.4 Å². The van der Waals surface area contributed by atoms with E-state index in [0.29, 0.717) is 6.54 Å². The predicted octanol–water partition coefficient (Wildman–Crippen LogP) is 0.710. The number of nitrogens with two attached hydrogens (primary N) is 1. The molecule has 0 amide bonds. The SMILES string of the molecule is Cl.NCc1cnc2n1CCC2. The average Bonchev–Trinajstić information content (AvgIpc) is 2.44. The Morgan fingerprint density at radius 1 is 1.64 bits per heavy atom. The summed E-state index contributed by atoms with van der Waals surface area (Å²) in [5, 5.41) is 0. The monoisotopic (exact) mass is 173 g/mol. The quantitative estimate of drug-likeness (QED) is 0.680. The van der Waals surface area contributed by atoms with Crippen LogP contribution in [0.4, 0.5) is 0 Å². The normalized spacial score (nSPS) is 14.3. The first-order chi connectivity index (χ1) is 4.92. The number of aromatic nitrogens is 2. The van der Waals surface area contributed by atoms with Crippen molar-refractivity contribution in [2.75, 3.05) is 0 Å². The molecule has 0 radical (unpaired) electrons. The number of imidazole rings is 1. The molecule has 0 aliphatic carbocycles. The molecule has 0 fully saturated rings. The number of halogens is 1. The maximum Gasteiger partial charge on any atom is 0.108 e. The van der Waals surface area contributed by atoms with Crippen LogP contribution < -0.4 is 5.73 Å². The number of aryl methyl sites for hydroxylation is 1. The molecule has 0 aromatic carbocycles. The lowest BCUT2D eigenvalue weighted by atomic mass is 10.4. The molecule has 2 rings (SSSR count). The fourth-order valence-corrected chi connectivity index (χ4v) is 1.48. The highest BCUT2D eigenvalue weighted by atomic mass is 35.5. The maximum absolute atomic E-state index is 5.51. The van der Waals surface area contributed by atoms with Crippen molar-refractivity contribution in [2.45, 2.75) is 25.9 Å². The van der Waals surface area contributed by atoms with E-state index in [1.165, 1.54) is 17.9 Å². The molecule has 11 heavy (non-hydrogen) atoms. The van der Waals surface area contributed by atoms with Crippen molar-refractivity contribution in [2.24, 2.45) is 5.73 Å². The maximum atomic E-state index is 5.51. The lowest BCUT2D eigenvalue weighted by Crippen LogP contribution is -2.04. The van der Waals surface area contributed by atoms with Gasteiger partial charge in [-0.3, -0.25) is 0 Å². The zero-order valence-electron chi connectivity index (χ0n) is 6.29. The molecule has 1 aromatic rings. The van der Waals surface area contributed by atoms with Crippen molar-refractivity contribution < 1.29 is 0 Å². The van der Waals surface area contributed by atoms with Crippen molar-refractivity contribution in [3.63, 3.8) is 0 Å². The Labute approximate surface area is 72.0 Å². The molecule has 1 aliphatic heterocycles. The summed E-state index contributed by atoms with van der Waals surface area (Å²) in [7, 11) is 0. The van der Waals surface area contributed by atoms with E-state index in [4.69, 9.17) is 5.73 Å². The van der Waals surface area contributed by atoms with E-state index >= 15 is 0 Å². The Kier molecular flexibility index (Phi) is 2.52. The molecular weight excluding hydrogens is 162 g/mol. The van der Waals surface area contributed by atoms with E-state index in [0.717, 1.165) is 13.0 Å². The molecule has 0 saturated carbocycles. The predicted molar refractivity (Wildman–Crippen MR) is 45.7 cm³/mol. The van der Waals surface area contributed by atoms with E-state index < -0.39 is 0 Å². The summed E-state index contributed by atoms with van der Waals surface area (Å²) in [5.41, 5.74) is 6.68. The second kappa shape index (κ2) is 3.24. The Bertz CT molecular complexity index is 244. The summed E-state index contributed by atoms with van der Waals surface area (Å²) < 4.78 is 2.22. The van der Waals surface area contributed by atoms with Gasteiger partial charge in [0.1, 0.15) is 5.82 Å². The van der Waals surface area contributed by atoms with Crippen molar-refractivity contribution in [1.29, 1.82) is 0 Å². The first-order valence-electron chi connectivity index (χ1n) is 3.65. The molecule has 1 aliphatic rings. The summed E-state index contributed by atoms with van der Waals surface area (Å²) in [6.45, 7) is 1.73. The van der Waals surface area contributed by atoms with Gasteiger partial charge in [0.15, 0.2) is 0 Å². The Hall–Kier alpha value is -0.540. The van der Waals surface area contributed by atoms with Crippen molar-refractivity contribution in [3.8, 4) is 0 Å². The molecule has 0 saturated heterocycles. The van der Waals surface area contributed by atoms with Crippen LogP contribution in [0.3, 0.4) is 0 Å². The molecule has 4 heteroatoms. The first kappa shape index (κ1) is 8.56. The van der Waals surface area contributed by atoms with Crippen LogP contribution in [-0.2, 0) is 19.5 Å². The third-order valence-electron chi connectivity index (χ3n) is 2.01. The third kappa shape index (κ3) is 1.26. The lowest BCUT2D eigenvalue weighted by molar-refractivity contribution is 0.707. The highest BCUT2D eigenvalue weighted by molar-refractivity contribution is 5.85. The number of fused-ring (bicyclic) bond motifs is 1. The number of hydrogen-bond acceptors (Lipinski definition) is 2. The molecule has 0 unspecified atom stereocenters. The summed E-state index contributed by atoms with van der Waals surface area (Å²) in [5.74, 6) is 1.21. The fraction of sp³-hybridized carbons (Fsp3) is 0.571. The van der Waals surface area contributed by atoms with Gasteiger partial charge in [0.25, 0.3) is 0 Å². The van der Waals surface area contributed by atoms with Crippen molar-refractivity contribution in [1.82, 2.24) is 9.55 Å². The molecule has 0 bridgehead atoms. The molecule has 0 spiro atoms. The fourth-order valence-electron chi connectivity index (χ4n) is 1.48. The summed E-state index contributed by atoms with van der Waals surface area (Å²) in [6, 6.07) is 0. The number of nitrogens with zero attached hydrogens (tertiary/aromatic N) is 2. The van der Waals surface area contributed by atoms with Crippen LogP contribution in [0.15, 0.2) is 6.20 Å². The highest BCUT2D eigenvalue weighted by Crippen LogP contribution is 2.14. The second-order valence-electron chi connectivity index (χ2n) is 2.63. The summed E-state index contributed by atoms with van der Waals surface area (Å²) in [4.78, 5) is 4.25. The zero-order chi connectivity index (χ0) is 6.97. The third-order valence-corrected chi connectivity index (χ3v) is 2.01. The molecule has 2 heterocycles. The van der Waals surface area contributed by atoms with E-state index in [-0.39, 0.29) is 12.4 Å². The second-order valence-corrected chi connectivity index (χ2v) is 2.63. The van der Waals surface area contributed by atoms with Crippen LogP contribution in [0.25, 0.3) is 0 Å². The van der Waals surface area contributed by atoms with E-state index in [2.05, 4.69) is 9.55 Å². The average molecular weight is 174 g/mol. The topological polar surface area (TPSA) is 43.8 Å². The van der Waals surface area contributed by atoms with Crippen LogP contribution in [0.5, 0.6) is 0 Å². The summed E-state index contributed by atoms with van der Waals surface area (Å²) >= 11 is 0. The number of hydrogen-bond donors (Lipinski definition) is 1. The highest BCUT2D eigenvalue weighted by Gasteiger charge is 2.13.